The van der Waals surface area contributed by atoms with Gasteiger partial charge in [0, 0.05) is 22.3 Å². The van der Waals surface area contributed by atoms with Crippen LogP contribution in [-0.2, 0) is 0 Å². The Labute approximate surface area is 140 Å². The summed E-state index contributed by atoms with van der Waals surface area (Å²) >= 11 is 6.19. The van der Waals surface area contributed by atoms with Crippen molar-refractivity contribution >= 4 is 23.3 Å². The number of nitrogens with one attached hydrogen (secondary N) is 1. The summed E-state index contributed by atoms with van der Waals surface area (Å²) in [6.07, 6.45) is 1.72. The molecule has 1 aromatic heterocycles. The molecule has 3 nitrogen and oxygen atoms in total. The zero-order chi connectivity index (χ0) is 16.2. The zero-order valence-corrected chi connectivity index (χ0v) is 13.3. The van der Waals surface area contributed by atoms with Crippen LogP contribution in [0.3, 0.4) is 0 Å². The summed E-state index contributed by atoms with van der Waals surface area (Å²) < 4.78 is 0. The van der Waals surface area contributed by atoms with Gasteiger partial charge in [-0.25, -0.2) is 4.98 Å². The highest BCUT2D eigenvalue weighted by Crippen LogP contribution is 2.27. The molecule has 0 radical (unpaired) electrons. The topological polar surface area (TPSA) is 42.0 Å². The number of aryl methyl sites for hydroxylation is 1. The average molecular weight is 323 g/mol. The Morgan fingerprint density at radius 2 is 1.74 bits per heavy atom. The lowest BCUT2D eigenvalue weighted by Gasteiger charge is -2.07. The van der Waals surface area contributed by atoms with Crippen LogP contribution in [0, 0.1) is 6.92 Å². The number of halogens is 1. The first-order valence-electron chi connectivity index (χ1n) is 7.22. The molecule has 0 aliphatic carbocycles. The predicted molar refractivity (Wildman–Crippen MR) is 93.8 cm³/mol. The van der Waals surface area contributed by atoms with Gasteiger partial charge in [0.2, 0.25) is 0 Å². The van der Waals surface area contributed by atoms with Crippen LogP contribution in [0.15, 0.2) is 66.9 Å². The normalized spacial score (nSPS) is 10.3. The van der Waals surface area contributed by atoms with E-state index < -0.39 is 0 Å². The second kappa shape index (κ2) is 6.63. The molecule has 4 heteroatoms. The molecule has 2 aromatic carbocycles. The van der Waals surface area contributed by atoms with Gasteiger partial charge in [0.25, 0.3) is 5.91 Å². The predicted octanol–water partition coefficient (Wildman–Crippen LogP) is 4.96. The fourth-order valence-corrected chi connectivity index (χ4v) is 2.47. The Kier molecular flexibility index (Phi) is 4.40. The molecule has 0 bridgehead atoms. The van der Waals surface area contributed by atoms with Crippen LogP contribution in [0.5, 0.6) is 0 Å². The van der Waals surface area contributed by atoms with Crippen molar-refractivity contribution in [1.82, 2.24) is 4.98 Å². The Bertz CT molecular complexity index is 827. The summed E-state index contributed by atoms with van der Waals surface area (Å²) in [4.78, 5) is 16.4. The van der Waals surface area contributed by atoms with Crippen LogP contribution < -0.4 is 5.32 Å². The molecule has 0 spiro atoms. The Morgan fingerprint density at radius 3 is 2.39 bits per heavy atom. The monoisotopic (exact) mass is 322 g/mol. The molecule has 1 amide bonds. The molecule has 0 atom stereocenters. The van der Waals surface area contributed by atoms with Crippen LogP contribution in [0.2, 0.25) is 5.02 Å². The highest BCUT2D eigenvalue weighted by atomic mass is 35.5. The number of rotatable bonds is 3. The summed E-state index contributed by atoms with van der Waals surface area (Å²) in [6, 6.07) is 18.7. The number of aromatic nitrogens is 1. The van der Waals surface area contributed by atoms with E-state index in [0.717, 1.165) is 16.7 Å². The number of anilines is 1. The third kappa shape index (κ3) is 3.58. The minimum absolute atomic E-state index is 0.188. The molecule has 0 saturated carbocycles. The summed E-state index contributed by atoms with van der Waals surface area (Å²) in [5, 5.41) is 3.47. The SMILES string of the molecule is Cc1ccc(NC(=O)c2ccc(-c3ccccc3Cl)cc2)nc1. The van der Waals surface area contributed by atoms with Gasteiger partial charge in [-0.05, 0) is 42.3 Å². The minimum atomic E-state index is -0.188. The summed E-state index contributed by atoms with van der Waals surface area (Å²) in [5.41, 5.74) is 3.54. The second-order valence-electron chi connectivity index (χ2n) is 5.23. The van der Waals surface area contributed by atoms with Crippen molar-refractivity contribution in [3.05, 3.63) is 83.0 Å². The standard InChI is InChI=1S/C19H15ClN2O/c1-13-6-11-18(21-12-13)22-19(23)15-9-7-14(8-10-15)16-4-2-3-5-17(16)20/h2-12H,1H3,(H,21,22,23). The molecule has 3 rings (SSSR count). The van der Waals surface area contributed by atoms with E-state index in [1.807, 2.05) is 49.4 Å². The molecule has 1 N–H and O–H groups in total. The fraction of sp³-hybridized carbons (Fsp3) is 0.0526. The number of pyridine rings is 1. The van der Waals surface area contributed by atoms with E-state index in [9.17, 15) is 4.79 Å². The second-order valence-corrected chi connectivity index (χ2v) is 5.64. The van der Waals surface area contributed by atoms with E-state index in [0.29, 0.717) is 16.4 Å². The molecule has 1 heterocycles. The van der Waals surface area contributed by atoms with Crippen molar-refractivity contribution in [2.75, 3.05) is 5.32 Å². The van der Waals surface area contributed by atoms with E-state index in [1.165, 1.54) is 0 Å². The fourth-order valence-electron chi connectivity index (χ4n) is 2.23. The van der Waals surface area contributed by atoms with Gasteiger partial charge in [-0.2, -0.15) is 0 Å². The number of hydrogen-bond acceptors (Lipinski definition) is 2. The summed E-state index contributed by atoms with van der Waals surface area (Å²) in [5.74, 6) is 0.350. The minimum Gasteiger partial charge on any atom is -0.307 e. The van der Waals surface area contributed by atoms with Gasteiger partial charge in [0.1, 0.15) is 5.82 Å². The first kappa shape index (κ1) is 15.3. The van der Waals surface area contributed by atoms with E-state index in [1.54, 1.807) is 24.4 Å². The first-order valence-corrected chi connectivity index (χ1v) is 7.60. The van der Waals surface area contributed by atoms with Crippen molar-refractivity contribution in [3.63, 3.8) is 0 Å². The van der Waals surface area contributed by atoms with Gasteiger partial charge in [0.15, 0.2) is 0 Å². The van der Waals surface area contributed by atoms with E-state index in [-0.39, 0.29) is 5.91 Å². The zero-order valence-electron chi connectivity index (χ0n) is 12.6. The molecule has 0 saturated heterocycles. The molecule has 0 aliphatic heterocycles. The van der Waals surface area contributed by atoms with Crippen LogP contribution in [-0.4, -0.2) is 10.9 Å². The molecule has 0 fully saturated rings. The van der Waals surface area contributed by atoms with E-state index >= 15 is 0 Å². The number of benzene rings is 2. The number of amides is 1. The van der Waals surface area contributed by atoms with Crippen molar-refractivity contribution in [3.8, 4) is 11.1 Å². The largest absolute Gasteiger partial charge is 0.307 e. The van der Waals surface area contributed by atoms with Gasteiger partial charge in [0.05, 0.1) is 0 Å². The third-order valence-corrected chi connectivity index (χ3v) is 3.81. The van der Waals surface area contributed by atoms with Crippen LogP contribution in [0.25, 0.3) is 11.1 Å². The lowest BCUT2D eigenvalue weighted by molar-refractivity contribution is 0.102. The Balaban J connectivity index is 1.78. The van der Waals surface area contributed by atoms with Crippen molar-refractivity contribution in [2.24, 2.45) is 0 Å². The van der Waals surface area contributed by atoms with Gasteiger partial charge in [-0.15, -0.1) is 0 Å². The van der Waals surface area contributed by atoms with Gasteiger partial charge >= 0.3 is 0 Å². The number of carbonyl (C=O) groups is 1. The lowest BCUT2D eigenvalue weighted by Crippen LogP contribution is -2.12. The highest BCUT2D eigenvalue weighted by Gasteiger charge is 2.08. The average Bonchev–Trinajstić information content (AvgIpc) is 2.57. The molecule has 0 unspecified atom stereocenters. The van der Waals surface area contributed by atoms with Crippen LogP contribution in [0.4, 0.5) is 5.82 Å². The van der Waals surface area contributed by atoms with Crippen LogP contribution in [0.1, 0.15) is 15.9 Å². The number of carbonyl (C=O) groups excluding carboxylic acids is 1. The molecular weight excluding hydrogens is 308 g/mol. The molecule has 114 valence electrons. The Morgan fingerprint density at radius 1 is 1.00 bits per heavy atom. The van der Waals surface area contributed by atoms with Crippen LogP contribution >= 0.6 is 11.6 Å². The van der Waals surface area contributed by atoms with Gasteiger partial charge < -0.3 is 5.32 Å². The number of nitrogens with zero attached hydrogens (tertiary/aromatic N) is 1. The Hall–Kier alpha value is -2.65. The summed E-state index contributed by atoms with van der Waals surface area (Å²) in [6.45, 7) is 1.95. The van der Waals surface area contributed by atoms with Crippen molar-refractivity contribution in [1.29, 1.82) is 0 Å². The van der Waals surface area contributed by atoms with Crippen molar-refractivity contribution in [2.45, 2.75) is 6.92 Å². The highest BCUT2D eigenvalue weighted by molar-refractivity contribution is 6.33. The van der Waals surface area contributed by atoms with E-state index in [2.05, 4.69) is 10.3 Å². The lowest BCUT2D eigenvalue weighted by atomic mass is 10.0. The van der Waals surface area contributed by atoms with E-state index in [4.69, 9.17) is 11.6 Å². The summed E-state index contributed by atoms with van der Waals surface area (Å²) in [7, 11) is 0. The third-order valence-electron chi connectivity index (χ3n) is 3.48. The quantitative estimate of drug-likeness (QED) is 0.740. The van der Waals surface area contributed by atoms with Gasteiger partial charge in [-0.1, -0.05) is 48.0 Å². The molecule has 0 aliphatic rings. The maximum Gasteiger partial charge on any atom is 0.256 e. The van der Waals surface area contributed by atoms with Gasteiger partial charge in [-0.3, -0.25) is 4.79 Å². The first-order chi connectivity index (χ1) is 11.1. The molecule has 23 heavy (non-hydrogen) atoms. The smallest absolute Gasteiger partial charge is 0.256 e. The molecular formula is C19H15ClN2O. The maximum absolute atomic E-state index is 12.2. The molecule has 3 aromatic rings. The van der Waals surface area contributed by atoms with Crippen molar-refractivity contribution < 1.29 is 4.79 Å². The maximum atomic E-state index is 12.2. The number of hydrogen-bond donors (Lipinski definition) is 1.